The van der Waals surface area contributed by atoms with Gasteiger partial charge < -0.3 is 51.8 Å². The average molecular weight is 469 g/mol. The van der Waals surface area contributed by atoms with Gasteiger partial charge in [0.05, 0.1) is 0 Å². The minimum atomic E-state index is -6.00. The van der Waals surface area contributed by atoms with Crippen molar-refractivity contribution in [2.45, 2.75) is 0 Å². The number of rotatable bonds is 0. The Hall–Kier alpha value is -0.139. The number of halogens is 17. The summed E-state index contributed by atoms with van der Waals surface area (Å²) >= 11 is 0. The standard InChI is InChI=1S/C6HF5.3BF4.K.H/c7-2-1-3(8)5(10)6(11)4(2)9;3*2-1(3,4)5;;/h1H;;;;;/q;3*-1;;. The zero-order valence-corrected chi connectivity index (χ0v) is 11.2. The fourth-order valence-corrected chi connectivity index (χ4v) is 0.544. The summed E-state index contributed by atoms with van der Waals surface area (Å²) in [5.41, 5.74) is 0. The molecule has 1 rings (SSSR count). The van der Waals surface area contributed by atoms with Crippen LogP contribution in [0.5, 0.6) is 0 Å². The van der Waals surface area contributed by atoms with Crippen molar-refractivity contribution in [1.29, 1.82) is 0 Å². The molecule has 0 radical (unpaired) electrons. The molecule has 21 heteroatoms. The fourth-order valence-electron chi connectivity index (χ4n) is 0.544. The summed E-state index contributed by atoms with van der Waals surface area (Å²) < 4.78 is 177. The molecular formula is C6H2B3F17K-3. The van der Waals surface area contributed by atoms with Gasteiger partial charge in [-0.25, -0.2) is 22.0 Å². The quantitative estimate of drug-likeness (QED) is 0.200. The average Bonchev–Trinajstić information content (AvgIpc) is 2.27. The molecule has 0 saturated carbocycles. The van der Waals surface area contributed by atoms with E-state index in [1.54, 1.807) is 0 Å². The van der Waals surface area contributed by atoms with Crippen LogP contribution in [0.15, 0.2) is 6.07 Å². The first-order valence-corrected chi connectivity index (χ1v) is 5.14. The van der Waals surface area contributed by atoms with E-state index in [0.29, 0.717) is 0 Å². The summed E-state index contributed by atoms with van der Waals surface area (Å²) in [5, 5.41) is 0. The van der Waals surface area contributed by atoms with E-state index in [4.69, 9.17) is 0 Å². The molecule has 0 aliphatic rings. The maximum absolute atomic E-state index is 12.0. The molecule has 0 atom stereocenters. The van der Waals surface area contributed by atoms with Gasteiger partial charge in [-0.05, 0) is 0 Å². The molecule has 0 spiro atoms. The van der Waals surface area contributed by atoms with Gasteiger partial charge in [-0.15, -0.1) is 0 Å². The zero-order valence-electron chi connectivity index (χ0n) is 11.2. The molecule has 0 nitrogen and oxygen atoms in total. The molecule has 158 valence electrons. The van der Waals surface area contributed by atoms with Crippen LogP contribution < -0.4 is 0 Å². The third-order valence-corrected chi connectivity index (χ3v) is 1.06. The van der Waals surface area contributed by atoms with Crippen LogP contribution in [-0.2, 0) is 0 Å². The molecule has 0 aliphatic heterocycles. The molecule has 0 aromatic heterocycles. The molecule has 0 unspecified atom stereocenters. The summed E-state index contributed by atoms with van der Waals surface area (Å²) in [5.74, 6) is -9.65. The number of benzene rings is 1. The second-order valence-corrected chi connectivity index (χ2v) is 3.27. The van der Waals surface area contributed by atoms with Gasteiger partial charge in [0, 0.05) is 6.07 Å². The van der Waals surface area contributed by atoms with Crippen molar-refractivity contribution in [3.05, 3.63) is 35.2 Å². The Morgan fingerprint density at radius 2 is 0.556 bits per heavy atom. The van der Waals surface area contributed by atoms with E-state index in [1.807, 2.05) is 0 Å². The van der Waals surface area contributed by atoms with Gasteiger partial charge in [0.25, 0.3) is 0 Å². The zero-order chi connectivity index (χ0) is 22.1. The van der Waals surface area contributed by atoms with E-state index < -0.39 is 50.8 Å². The van der Waals surface area contributed by atoms with Crippen molar-refractivity contribution in [3.63, 3.8) is 0 Å². The molecule has 1 aromatic rings. The summed E-state index contributed by atoms with van der Waals surface area (Å²) in [6.07, 6.45) is 0. The van der Waals surface area contributed by atoms with Crippen LogP contribution in [0.4, 0.5) is 73.7 Å². The van der Waals surface area contributed by atoms with Crippen LogP contribution >= 0.6 is 0 Å². The third-order valence-electron chi connectivity index (χ3n) is 1.06. The maximum atomic E-state index is 12.0. The Labute approximate surface area is 181 Å². The molecular weight excluding hydrogens is 467 g/mol. The van der Waals surface area contributed by atoms with Crippen LogP contribution in [0.25, 0.3) is 0 Å². The molecule has 27 heavy (non-hydrogen) atoms. The van der Waals surface area contributed by atoms with Crippen LogP contribution in [0.2, 0.25) is 0 Å². The van der Waals surface area contributed by atoms with E-state index >= 15 is 0 Å². The Kier molecular flexibility index (Phi) is 17.7. The van der Waals surface area contributed by atoms with Gasteiger partial charge in [-0.1, -0.05) is 0 Å². The van der Waals surface area contributed by atoms with E-state index in [-0.39, 0.29) is 57.5 Å². The molecule has 0 aliphatic carbocycles. The van der Waals surface area contributed by atoms with Crippen molar-refractivity contribution in [1.82, 2.24) is 0 Å². The Balaban J connectivity index is -0.000000142. The minimum absolute atomic E-state index is 0. The Morgan fingerprint density at radius 1 is 0.407 bits per heavy atom. The number of hydrogen-bond donors (Lipinski definition) is 0. The first-order valence-electron chi connectivity index (χ1n) is 5.14. The third kappa shape index (κ3) is 37.3. The molecule has 0 amide bonds. The Morgan fingerprint density at radius 3 is 0.704 bits per heavy atom. The predicted molar refractivity (Wildman–Crippen MR) is 63.9 cm³/mol. The normalized spacial score (nSPS) is 10.9. The molecule has 1 aromatic carbocycles. The van der Waals surface area contributed by atoms with E-state index in [1.165, 1.54) is 0 Å². The number of hydrogen-bond acceptors (Lipinski definition) is 0. The summed E-state index contributed by atoms with van der Waals surface area (Å²) in [6, 6.07) is -0.0618. The van der Waals surface area contributed by atoms with Gasteiger partial charge in [0.2, 0.25) is 5.82 Å². The van der Waals surface area contributed by atoms with Crippen LogP contribution in [-0.4, -0.2) is 73.1 Å². The SMILES string of the molecule is F[B-](F)(F)F.F[B-](F)(F)F.F[B-](F)(F)F.Fc1cc(F)c(F)c(F)c1F.[KH]. The van der Waals surface area contributed by atoms with E-state index in [0.717, 1.165) is 0 Å². The van der Waals surface area contributed by atoms with Gasteiger partial charge in [-0.3, -0.25) is 0 Å². The molecule has 0 saturated heterocycles. The molecule has 0 fully saturated rings. The molecule has 0 N–H and O–H groups in total. The second-order valence-electron chi connectivity index (χ2n) is 3.27. The van der Waals surface area contributed by atoms with Crippen molar-refractivity contribution in [3.8, 4) is 0 Å². The van der Waals surface area contributed by atoms with Crippen molar-refractivity contribution < 1.29 is 73.7 Å². The van der Waals surface area contributed by atoms with Crippen LogP contribution in [0.1, 0.15) is 0 Å². The predicted octanol–water partition coefficient (Wildman–Crippen LogP) is 5.63. The monoisotopic (exact) mass is 469 g/mol. The van der Waals surface area contributed by atoms with Crippen LogP contribution in [0.3, 0.4) is 0 Å². The second kappa shape index (κ2) is 13.9. The van der Waals surface area contributed by atoms with Crippen molar-refractivity contribution in [2.75, 3.05) is 0 Å². The first-order chi connectivity index (χ1) is 11.0. The van der Waals surface area contributed by atoms with Gasteiger partial charge in [0.1, 0.15) is 0 Å². The molecule has 0 heterocycles. The summed E-state index contributed by atoms with van der Waals surface area (Å²) in [7, 11) is -18.0. The van der Waals surface area contributed by atoms with Gasteiger partial charge in [-0.2, -0.15) is 0 Å². The Bertz CT molecular complexity index is 463. The fraction of sp³-hybridized carbons (Fsp3) is 0. The summed E-state index contributed by atoms with van der Waals surface area (Å²) in [4.78, 5) is 0. The van der Waals surface area contributed by atoms with Gasteiger partial charge in [0.15, 0.2) is 23.3 Å². The van der Waals surface area contributed by atoms with E-state index in [9.17, 15) is 73.7 Å². The molecule has 0 bridgehead atoms. The van der Waals surface area contributed by atoms with Gasteiger partial charge >= 0.3 is 73.1 Å². The van der Waals surface area contributed by atoms with Crippen molar-refractivity contribution >= 4 is 73.1 Å². The van der Waals surface area contributed by atoms with Crippen LogP contribution in [0, 0.1) is 29.1 Å². The topological polar surface area (TPSA) is 0 Å². The van der Waals surface area contributed by atoms with E-state index in [2.05, 4.69) is 0 Å². The van der Waals surface area contributed by atoms with Crippen molar-refractivity contribution in [2.24, 2.45) is 0 Å². The first kappa shape index (κ1) is 34.4. The summed E-state index contributed by atoms with van der Waals surface area (Å²) in [6.45, 7) is 0.